The molecular weight excluding hydrogens is 339 g/mol. The molecule has 128 valence electrons. The fraction of sp³-hybridized carbons (Fsp3) is 0.647. The van der Waals surface area contributed by atoms with Crippen LogP contribution in [0.4, 0.5) is 0 Å². The summed E-state index contributed by atoms with van der Waals surface area (Å²) in [6.45, 7) is 12.3. The van der Waals surface area contributed by atoms with E-state index in [0.717, 1.165) is 16.7 Å². The van der Waals surface area contributed by atoms with Crippen molar-refractivity contribution in [2.45, 2.75) is 65.2 Å². The first-order chi connectivity index (χ1) is 9.72. The van der Waals surface area contributed by atoms with Crippen molar-refractivity contribution < 1.29 is 19.5 Å². The molecule has 3 N–H and O–H groups in total. The summed E-state index contributed by atoms with van der Waals surface area (Å²) < 4.78 is 11.0. The maximum atomic E-state index is 11.0. The van der Waals surface area contributed by atoms with Gasteiger partial charge in [-0.05, 0) is 40.4 Å². The monoisotopic (exact) mass is 368 g/mol. The third-order valence-electron chi connectivity index (χ3n) is 3.70. The summed E-state index contributed by atoms with van der Waals surface area (Å²) >= 11 is 0. The summed E-state index contributed by atoms with van der Waals surface area (Å²) in [6.07, 6.45) is 0.920. The Balaban J connectivity index is 0.00000484. The summed E-state index contributed by atoms with van der Waals surface area (Å²) in [4.78, 5) is 18.0. The van der Waals surface area contributed by atoms with Gasteiger partial charge in [-0.25, -0.2) is 0 Å². The number of hydrogen-bond acceptors (Lipinski definition) is 2. The molecule has 0 aromatic heterocycles. The summed E-state index contributed by atoms with van der Waals surface area (Å²) in [5.74, 6) is 0.332. The number of benzene rings is 1. The SMILES string of the molecule is CC(C)(C)c1cc(CCCP(=O)(O)O)cc(C(C)(C)C)c1O.[Ca]. The minimum atomic E-state index is -3.95. The van der Waals surface area contributed by atoms with Crippen LogP contribution in [-0.4, -0.2) is 58.8 Å². The van der Waals surface area contributed by atoms with E-state index in [1.54, 1.807) is 0 Å². The van der Waals surface area contributed by atoms with E-state index < -0.39 is 7.60 Å². The zero-order valence-electron chi connectivity index (χ0n) is 15.2. The predicted molar refractivity (Wildman–Crippen MR) is 96.5 cm³/mol. The fourth-order valence-electron chi connectivity index (χ4n) is 2.47. The molecule has 0 unspecified atom stereocenters. The maximum Gasteiger partial charge on any atom is 0.325 e. The van der Waals surface area contributed by atoms with Crippen molar-refractivity contribution >= 4 is 45.3 Å². The van der Waals surface area contributed by atoms with Crippen molar-refractivity contribution in [3.63, 3.8) is 0 Å². The Bertz CT molecular complexity index is 544. The van der Waals surface area contributed by atoms with Crippen LogP contribution in [0.5, 0.6) is 5.75 Å². The Morgan fingerprint density at radius 1 is 0.957 bits per heavy atom. The summed E-state index contributed by atoms with van der Waals surface area (Å²) in [5, 5.41) is 10.6. The summed E-state index contributed by atoms with van der Waals surface area (Å²) in [6, 6.07) is 3.93. The molecule has 1 rings (SSSR count). The molecule has 0 saturated carbocycles. The van der Waals surface area contributed by atoms with E-state index in [0.29, 0.717) is 18.6 Å². The van der Waals surface area contributed by atoms with Crippen LogP contribution in [0.1, 0.15) is 64.7 Å². The molecule has 0 atom stereocenters. The van der Waals surface area contributed by atoms with Gasteiger partial charge in [-0.3, -0.25) is 4.57 Å². The van der Waals surface area contributed by atoms with Crippen LogP contribution in [0.25, 0.3) is 0 Å². The van der Waals surface area contributed by atoms with Gasteiger partial charge in [-0.2, -0.15) is 0 Å². The predicted octanol–water partition coefficient (Wildman–Crippen LogP) is 3.72. The van der Waals surface area contributed by atoms with Crippen molar-refractivity contribution in [2.24, 2.45) is 0 Å². The number of aromatic hydroxyl groups is 1. The maximum absolute atomic E-state index is 11.0. The van der Waals surface area contributed by atoms with Gasteiger partial charge >= 0.3 is 7.60 Å². The van der Waals surface area contributed by atoms with Gasteiger partial charge in [0.1, 0.15) is 5.75 Å². The van der Waals surface area contributed by atoms with Gasteiger partial charge < -0.3 is 14.9 Å². The molecular formula is C17H29CaO4P. The second kappa shape index (κ2) is 8.21. The van der Waals surface area contributed by atoms with Gasteiger partial charge in [-0.1, -0.05) is 53.7 Å². The molecule has 0 bridgehead atoms. The average Bonchev–Trinajstić information content (AvgIpc) is 2.26. The van der Waals surface area contributed by atoms with E-state index in [2.05, 4.69) is 0 Å². The molecule has 0 saturated heterocycles. The summed E-state index contributed by atoms with van der Waals surface area (Å²) in [7, 11) is -3.95. The third kappa shape index (κ3) is 7.46. The van der Waals surface area contributed by atoms with Crippen LogP contribution >= 0.6 is 7.60 Å². The zero-order valence-corrected chi connectivity index (χ0v) is 18.3. The summed E-state index contributed by atoms with van der Waals surface area (Å²) in [5.41, 5.74) is 2.39. The Hall–Kier alpha value is 0.430. The van der Waals surface area contributed by atoms with Crippen molar-refractivity contribution in [3.05, 3.63) is 28.8 Å². The third-order valence-corrected chi connectivity index (χ3v) is 4.60. The molecule has 6 heteroatoms. The molecule has 0 aliphatic heterocycles. The molecule has 2 radical (unpaired) electrons. The van der Waals surface area contributed by atoms with E-state index >= 15 is 0 Å². The van der Waals surface area contributed by atoms with E-state index in [-0.39, 0.29) is 54.7 Å². The molecule has 1 aromatic rings. The Morgan fingerprint density at radius 2 is 1.35 bits per heavy atom. The molecule has 0 fully saturated rings. The Morgan fingerprint density at radius 3 is 1.65 bits per heavy atom. The van der Waals surface area contributed by atoms with Crippen molar-refractivity contribution in [3.8, 4) is 5.75 Å². The first-order valence-corrected chi connectivity index (χ1v) is 9.43. The smallest absolute Gasteiger partial charge is 0.325 e. The topological polar surface area (TPSA) is 77.8 Å². The Kier molecular flexibility index (Phi) is 8.36. The normalized spacial score (nSPS) is 12.9. The second-order valence-electron chi connectivity index (χ2n) is 8.03. The molecule has 0 heterocycles. The first kappa shape index (κ1) is 23.4. The van der Waals surface area contributed by atoms with Crippen LogP contribution in [-0.2, 0) is 21.8 Å². The minimum Gasteiger partial charge on any atom is -0.507 e. The van der Waals surface area contributed by atoms with Gasteiger partial charge in [0.15, 0.2) is 0 Å². The number of rotatable bonds is 4. The van der Waals surface area contributed by atoms with Crippen molar-refractivity contribution in [2.75, 3.05) is 6.16 Å². The number of hydrogen-bond donors (Lipinski definition) is 3. The quantitative estimate of drug-likeness (QED) is 0.559. The largest absolute Gasteiger partial charge is 0.507 e. The van der Waals surface area contributed by atoms with Crippen LogP contribution in [0.15, 0.2) is 12.1 Å². The van der Waals surface area contributed by atoms with Gasteiger partial charge in [-0.15, -0.1) is 0 Å². The van der Waals surface area contributed by atoms with E-state index in [1.165, 1.54) is 0 Å². The molecule has 23 heavy (non-hydrogen) atoms. The van der Waals surface area contributed by atoms with Gasteiger partial charge in [0.25, 0.3) is 0 Å². The average molecular weight is 368 g/mol. The van der Waals surface area contributed by atoms with E-state index in [4.69, 9.17) is 9.79 Å². The van der Waals surface area contributed by atoms with Crippen LogP contribution in [0.2, 0.25) is 0 Å². The second-order valence-corrected chi connectivity index (χ2v) is 9.81. The molecule has 0 amide bonds. The van der Waals surface area contributed by atoms with Gasteiger partial charge in [0, 0.05) is 37.7 Å². The Labute approximate surface area is 169 Å². The number of phenols is 1. The van der Waals surface area contributed by atoms with E-state index in [9.17, 15) is 9.67 Å². The van der Waals surface area contributed by atoms with Crippen molar-refractivity contribution in [1.82, 2.24) is 0 Å². The van der Waals surface area contributed by atoms with Crippen molar-refractivity contribution in [1.29, 1.82) is 0 Å². The van der Waals surface area contributed by atoms with Gasteiger partial charge in [0.2, 0.25) is 0 Å². The van der Waals surface area contributed by atoms with Crippen LogP contribution < -0.4 is 0 Å². The van der Waals surface area contributed by atoms with E-state index in [1.807, 2.05) is 53.7 Å². The first-order valence-electron chi connectivity index (χ1n) is 7.63. The standard InChI is InChI=1S/C17H29O4P.Ca/c1-16(2,3)13-10-12(8-7-9-22(19,20)21)11-14(15(13)18)17(4,5)6;/h10-11,18H,7-9H2,1-6H3,(H2,19,20,21);. The minimum absolute atomic E-state index is 0. The van der Waals surface area contributed by atoms with Crippen LogP contribution in [0, 0.1) is 0 Å². The number of aryl methyl sites for hydroxylation is 1. The van der Waals surface area contributed by atoms with Gasteiger partial charge in [0.05, 0.1) is 6.16 Å². The number of phenolic OH excluding ortho intramolecular Hbond substituents is 1. The molecule has 1 aromatic carbocycles. The molecule has 0 aliphatic carbocycles. The molecule has 4 nitrogen and oxygen atoms in total. The van der Waals surface area contributed by atoms with Crippen LogP contribution in [0.3, 0.4) is 0 Å². The fourth-order valence-corrected chi connectivity index (χ4v) is 3.04. The molecule has 0 aliphatic rings. The zero-order chi connectivity index (χ0) is 17.3. The molecule has 0 spiro atoms.